The molecule has 4 aromatic rings. The fourth-order valence-corrected chi connectivity index (χ4v) is 4.12. The van der Waals surface area contributed by atoms with Crippen LogP contribution in [0.4, 0.5) is 5.69 Å². The molecule has 0 N–H and O–H groups in total. The first-order valence-electron chi connectivity index (χ1n) is 10.9. The Hall–Kier alpha value is -4.33. The van der Waals surface area contributed by atoms with Crippen molar-refractivity contribution in [2.75, 3.05) is 7.05 Å². The molecule has 0 aliphatic carbocycles. The zero-order valence-electron chi connectivity index (χ0n) is 19.3. The normalized spacial score (nSPS) is 11.7. The second-order valence-corrected chi connectivity index (χ2v) is 8.11. The Bertz CT molecular complexity index is 1260. The fraction of sp³-hybridized carbons (Fsp3) is 0.192. The molecular formula is C26H25N5O3. The van der Waals surface area contributed by atoms with Gasteiger partial charge in [-0.25, -0.2) is 0 Å². The highest BCUT2D eigenvalue weighted by Crippen LogP contribution is 2.28. The summed E-state index contributed by atoms with van der Waals surface area (Å²) >= 11 is 0. The van der Waals surface area contributed by atoms with Gasteiger partial charge in [-0.05, 0) is 49.2 Å². The van der Waals surface area contributed by atoms with E-state index in [-0.39, 0.29) is 17.6 Å². The molecule has 2 aromatic carbocycles. The van der Waals surface area contributed by atoms with Gasteiger partial charge in [0, 0.05) is 18.8 Å². The SMILES string of the molecule is Cc1nn(Cc2ccc(C(=O)N(C)C(c3ccccc3)c3ccccn3)cc2)c(C)c1[N+](=O)[O-]. The summed E-state index contributed by atoms with van der Waals surface area (Å²) in [6.45, 7) is 3.70. The average molecular weight is 456 g/mol. The van der Waals surface area contributed by atoms with Gasteiger partial charge in [0.05, 0.1) is 23.2 Å². The van der Waals surface area contributed by atoms with Gasteiger partial charge in [0.25, 0.3) is 5.91 Å². The van der Waals surface area contributed by atoms with Crippen LogP contribution in [0.15, 0.2) is 79.0 Å². The number of carbonyl (C=O) groups excluding carboxylic acids is 1. The Morgan fingerprint density at radius 1 is 1.03 bits per heavy atom. The van der Waals surface area contributed by atoms with Crippen molar-refractivity contribution < 1.29 is 9.72 Å². The van der Waals surface area contributed by atoms with Crippen LogP contribution in [0.3, 0.4) is 0 Å². The number of aryl methyl sites for hydroxylation is 1. The summed E-state index contributed by atoms with van der Waals surface area (Å²) < 4.78 is 1.61. The maximum atomic E-state index is 13.4. The van der Waals surface area contributed by atoms with E-state index in [2.05, 4.69) is 10.1 Å². The van der Waals surface area contributed by atoms with Crippen molar-refractivity contribution in [3.05, 3.63) is 123 Å². The first-order chi connectivity index (χ1) is 16.4. The van der Waals surface area contributed by atoms with Gasteiger partial charge in [0.1, 0.15) is 11.4 Å². The van der Waals surface area contributed by atoms with Crippen molar-refractivity contribution in [1.29, 1.82) is 0 Å². The molecule has 2 aromatic heterocycles. The number of hydrogen-bond acceptors (Lipinski definition) is 5. The van der Waals surface area contributed by atoms with Gasteiger partial charge in [-0.3, -0.25) is 24.6 Å². The fourth-order valence-electron chi connectivity index (χ4n) is 4.12. The van der Waals surface area contributed by atoms with Gasteiger partial charge in [0.15, 0.2) is 0 Å². The molecule has 1 amide bonds. The largest absolute Gasteiger partial charge is 0.329 e. The Balaban J connectivity index is 1.57. The number of rotatable bonds is 7. The molecule has 1 unspecified atom stereocenters. The molecule has 2 heterocycles. The van der Waals surface area contributed by atoms with Crippen LogP contribution in [0.1, 0.15) is 44.6 Å². The molecule has 1 atom stereocenters. The maximum absolute atomic E-state index is 13.4. The first-order valence-corrected chi connectivity index (χ1v) is 10.9. The molecule has 0 bridgehead atoms. The molecule has 8 nitrogen and oxygen atoms in total. The van der Waals surface area contributed by atoms with Crippen molar-refractivity contribution >= 4 is 11.6 Å². The summed E-state index contributed by atoms with van der Waals surface area (Å²) in [6.07, 6.45) is 1.72. The van der Waals surface area contributed by atoms with Gasteiger partial charge in [-0.15, -0.1) is 0 Å². The van der Waals surface area contributed by atoms with Crippen molar-refractivity contribution in [2.24, 2.45) is 0 Å². The molecule has 34 heavy (non-hydrogen) atoms. The molecule has 4 rings (SSSR count). The van der Waals surface area contributed by atoms with Gasteiger partial charge < -0.3 is 4.90 Å². The number of hydrogen-bond donors (Lipinski definition) is 0. The lowest BCUT2D eigenvalue weighted by atomic mass is 10.0. The third kappa shape index (κ3) is 4.56. The van der Waals surface area contributed by atoms with Crippen LogP contribution in [-0.2, 0) is 6.54 Å². The minimum Gasteiger partial charge on any atom is -0.329 e. The smallest absolute Gasteiger partial charge is 0.312 e. The zero-order valence-corrected chi connectivity index (χ0v) is 19.3. The second-order valence-electron chi connectivity index (χ2n) is 8.11. The molecular weight excluding hydrogens is 430 g/mol. The van der Waals surface area contributed by atoms with E-state index >= 15 is 0 Å². The number of nitro groups is 1. The van der Waals surface area contributed by atoms with Crippen LogP contribution >= 0.6 is 0 Å². The predicted octanol–water partition coefficient (Wildman–Crippen LogP) is 4.71. The monoisotopic (exact) mass is 455 g/mol. The summed E-state index contributed by atoms with van der Waals surface area (Å²) in [7, 11) is 1.78. The lowest BCUT2D eigenvalue weighted by molar-refractivity contribution is -0.386. The van der Waals surface area contributed by atoms with Gasteiger partial charge >= 0.3 is 5.69 Å². The standard InChI is InChI=1S/C26H25N5O3/c1-18-24(31(33)34)19(2)30(28-18)17-20-12-14-22(15-13-20)26(32)29(3)25(21-9-5-4-6-10-21)23-11-7-8-16-27-23/h4-16,25H,17H2,1-3H3. The molecule has 0 aliphatic heterocycles. The van der Waals surface area contributed by atoms with Crippen molar-refractivity contribution in [3.8, 4) is 0 Å². The van der Waals surface area contributed by atoms with E-state index in [1.807, 2.05) is 60.7 Å². The Morgan fingerprint density at radius 2 is 1.71 bits per heavy atom. The number of aromatic nitrogens is 3. The van der Waals surface area contributed by atoms with E-state index in [9.17, 15) is 14.9 Å². The summed E-state index contributed by atoms with van der Waals surface area (Å²) in [5, 5.41) is 15.6. The highest BCUT2D eigenvalue weighted by Gasteiger charge is 2.26. The second kappa shape index (κ2) is 9.66. The van der Waals surface area contributed by atoms with Gasteiger partial charge in [-0.1, -0.05) is 48.5 Å². The molecule has 0 saturated heterocycles. The van der Waals surface area contributed by atoms with E-state index in [0.717, 1.165) is 16.8 Å². The van der Waals surface area contributed by atoms with Crippen LogP contribution in [0.25, 0.3) is 0 Å². The van der Waals surface area contributed by atoms with Crippen molar-refractivity contribution in [2.45, 2.75) is 26.4 Å². The van der Waals surface area contributed by atoms with Gasteiger partial charge in [0.2, 0.25) is 0 Å². The first kappa shape index (κ1) is 22.8. The summed E-state index contributed by atoms with van der Waals surface area (Å²) in [6, 6.07) is 22.4. The summed E-state index contributed by atoms with van der Waals surface area (Å²) in [5.41, 5.74) is 4.12. The third-order valence-electron chi connectivity index (χ3n) is 5.85. The molecule has 172 valence electrons. The Labute approximate surface area is 197 Å². The summed E-state index contributed by atoms with van der Waals surface area (Å²) in [5.74, 6) is -0.132. The van der Waals surface area contributed by atoms with Crippen LogP contribution in [0, 0.1) is 24.0 Å². The lowest BCUT2D eigenvalue weighted by Gasteiger charge is -2.28. The molecule has 0 aliphatic rings. The molecule has 0 radical (unpaired) electrons. The van der Waals surface area contributed by atoms with Gasteiger partial charge in [-0.2, -0.15) is 5.10 Å². The molecule has 0 saturated carbocycles. The van der Waals surface area contributed by atoms with Crippen LogP contribution in [-0.4, -0.2) is 37.5 Å². The highest BCUT2D eigenvalue weighted by molar-refractivity contribution is 5.94. The van der Waals surface area contributed by atoms with Crippen LogP contribution in [0.5, 0.6) is 0 Å². The van der Waals surface area contributed by atoms with Crippen molar-refractivity contribution in [3.63, 3.8) is 0 Å². The van der Waals surface area contributed by atoms with E-state index in [1.165, 1.54) is 0 Å². The topological polar surface area (TPSA) is 94.2 Å². The number of pyridine rings is 1. The van der Waals surface area contributed by atoms with E-state index < -0.39 is 4.92 Å². The Morgan fingerprint density at radius 3 is 2.29 bits per heavy atom. The number of nitrogens with zero attached hydrogens (tertiary/aromatic N) is 5. The number of carbonyl (C=O) groups is 1. The van der Waals surface area contributed by atoms with E-state index in [1.54, 1.807) is 48.8 Å². The molecule has 0 spiro atoms. The predicted molar refractivity (Wildman–Crippen MR) is 129 cm³/mol. The van der Waals surface area contributed by atoms with Crippen LogP contribution in [0.2, 0.25) is 0 Å². The summed E-state index contributed by atoms with van der Waals surface area (Å²) in [4.78, 5) is 30.4. The minimum absolute atomic E-state index is 0.0369. The average Bonchev–Trinajstić information content (AvgIpc) is 3.13. The Kier molecular flexibility index (Phi) is 6.49. The molecule has 8 heteroatoms. The molecule has 0 fully saturated rings. The zero-order chi connectivity index (χ0) is 24.2. The minimum atomic E-state index is -0.406. The quantitative estimate of drug-likeness (QED) is 0.297. The number of benzene rings is 2. The maximum Gasteiger partial charge on any atom is 0.312 e. The van der Waals surface area contributed by atoms with E-state index in [4.69, 9.17) is 0 Å². The van der Waals surface area contributed by atoms with Crippen molar-refractivity contribution in [1.82, 2.24) is 19.7 Å². The van der Waals surface area contributed by atoms with Crippen LogP contribution < -0.4 is 0 Å². The highest BCUT2D eigenvalue weighted by atomic mass is 16.6. The lowest BCUT2D eigenvalue weighted by Crippen LogP contribution is -2.32. The van der Waals surface area contributed by atoms with E-state index in [0.29, 0.717) is 23.5 Å². The third-order valence-corrected chi connectivity index (χ3v) is 5.85. The number of amides is 1.